The lowest BCUT2D eigenvalue weighted by molar-refractivity contribution is -0.130. The Balaban J connectivity index is 2.14. The van der Waals surface area contributed by atoms with Crippen molar-refractivity contribution in [2.45, 2.75) is 45.1 Å². The molecule has 17 heavy (non-hydrogen) atoms. The summed E-state index contributed by atoms with van der Waals surface area (Å²) in [5.74, 6) is 0.870. The fraction of sp³-hybridized carbons (Fsp3) is 0.923. The zero-order valence-corrected chi connectivity index (χ0v) is 11.1. The van der Waals surface area contributed by atoms with Crippen LogP contribution >= 0.6 is 0 Å². The van der Waals surface area contributed by atoms with Gasteiger partial charge in [-0.2, -0.15) is 0 Å². The van der Waals surface area contributed by atoms with Crippen LogP contribution in [0.2, 0.25) is 0 Å². The van der Waals surface area contributed by atoms with Crippen LogP contribution in [0.1, 0.15) is 39.0 Å². The van der Waals surface area contributed by atoms with E-state index in [1.54, 1.807) is 11.8 Å². The summed E-state index contributed by atoms with van der Waals surface area (Å²) in [5, 5.41) is 12.5. The number of amides is 1. The number of carbonyl (C=O) groups excluding carboxylic acids is 1. The minimum absolute atomic E-state index is 0.205. The van der Waals surface area contributed by atoms with Crippen LogP contribution in [-0.4, -0.2) is 48.7 Å². The monoisotopic (exact) mass is 242 g/mol. The average Bonchev–Trinajstić information content (AvgIpc) is 2.34. The van der Waals surface area contributed by atoms with Crippen molar-refractivity contribution in [3.8, 4) is 0 Å². The molecule has 0 aromatic heterocycles. The molecule has 2 unspecified atom stereocenters. The van der Waals surface area contributed by atoms with E-state index in [0.29, 0.717) is 25.3 Å². The highest BCUT2D eigenvalue weighted by atomic mass is 16.3. The number of rotatable bonds is 6. The van der Waals surface area contributed by atoms with Crippen LogP contribution < -0.4 is 5.32 Å². The number of carbonyl (C=O) groups is 1. The minimum atomic E-state index is -0.326. The van der Waals surface area contributed by atoms with E-state index in [2.05, 4.69) is 5.32 Å². The molecule has 0 spiro atoms. The lowest BCUT2D eigenvalue weighted by Gasteiger charge is -2.24. The van der Waals surface area contributed by atoms with E-state index in [-0.39, 0.29) is 12.0 Å². The van der Waals surface area contributed by atoms with Gasteiger partial charge in [-0.15, -0.1) is 0 Å². The maximum absolute atomic E-state index is 11.8. The van der Waals surface area contributed by atoms with Crippen LogP contribution in [0.4, 0.5) is 0 Å². The average molecular weight is 242 g/mol. The van der Waals surface area contributed by atoms with E-state index in [9.17, 15) is 9.90 Å². The number of nitrogens with zero attached hydrogens (tertiary/aromatic N) is 1. The molecule has 0 aromatic carbocycles. The van der Waals surface area contributed by atoms with Gasteiger partial charge >= 0.3 is 0 Å². The SMILES string of the molecule is CC(O)CCN(C)C(=O)CCC1CCCNC1. The summed E-state index contributed by atoms with van der Waals surface area (Å²) >= 11 is 0. The zero-order chi connectivity index (χ0) is 12.7. The van der Waals surface area contributed by atoms with Crippen molar-refractivity contribution >= 4 is 5.91 Å². The summed E-state index contributed by atoms with van der Waals surface area (Å²) in [6.45, 7) is 4.59. The maximum atomic E-state index is 11.8. The van der Waals surface area contributed by atoms with Gasteiger partial charge in [-0.25, -0.2) is 0 Å². The van der Waals surface area contributed by atoms with Crippen LogP contribution in [0.5, 0.6) is 0 Å². The van der Waals surface area contributed by atoms with Gasteiger partial charge in [-0.05, 0) is 51.6 Å². The van der Waals surface area contributed by atoms with Crippen LogP contribution in [-0.2, 0) is 4.79 Å². The van der Waals surface area contributed by atoms with Gasteiger partial charge in [-0.1, -0.05) is 0 Å². The molecule has 2 N–H and O–H groups in total. The Bertz CT molecular complexity index is 225. The molecule has 1 fully saturated rings. The molecule has 0 aromatic rings. The quantitative estimate of drug-likeness (QED) is 0.730. The second kappa shape index (κ2) is 7.67. The van der Waals surface area contributed by atoms with Gasteiger partial charge in [0, 0.05) is 20.0 Å². The third-order valence-electron chi connectivity index (χ3n) is 3.47. The topological polar surface area (TPSA) is 52.6 Å². The Morgan fingerprint density at radius 1 is 1.59 bits per heavy atom. The minimum Gasteiger partial charge on any atom is -0.393 e. The first-order chi connectivity index (χ1) is 8.09. The molecule has 0 saturated carbocycles. The van der Waals surface area contributed by atoms with E-state index in [1.807, 2.05) is 7.05 Å². The van der Waals surface area contributed by atoms with E-state index in [4.69, 9.17) is 0 Å². The summed E-state index contributed by atoms with van der Waals surface area (Å²) in [6, 6.07) is 0. The summed E-state index contributed by atoms with van der Waals surface area (Å²) < 4.78 is 0. The number of hydrogen-bond donors (Lipinski definition) is 2. The molecule has 0 radical (unpaired) electrons. The Kier molecular flexibility index (Phi) is 6.52. The molecular weight excluding hydrogens is 216 g/mol. The van der Waals surface area contributed by atoms with Gasteiger partial charge in [0.15, 0.2) is 0 Å². The molecule has 1 saturated heterocycles. The van der Waals surface area contributed by atoms with E-state index >= 15 is 0 Å². The number of piperidine rings is 1. The first-order valence-corrected chi connectivity index (χ1v) is 6.72. The number of hydrogen-bond acceptors (Lipinski definition) is 3. The van der Waals surface area contributed by atoms with Crippen molar-refractivity contribution in [3.05, 3.63) is 0 Å². The molecule has 100 valence electrons. The van der Waals surface area contributed by atoms with Crippen LogP contribution in [0, 0.1) is 5.92 Å². The summed E-state index contributed by atoms with van der Waals surface area (Å²) in [6.07, 6.45) is 4.45. The van der Waals surface area contributed by atoms with Gasteiger partial charge in [0.2, 0.25) is 5.91 Å². The second-order valence-corrected chi connectivity index (χ2v) is 5.20. The zero-order valence-electron chi connectivity index (χ0n) is 11.1. The molecule has 2 atom stereocenters. The van der Waals surface area contributed by atoms with E-state index < -0.39 is 0 Å². The normalized spacial score (nSPS) is 22.2. The maximum Gasteiger partial charge on any atom is 0.222 e. The molecule has 1 heterocycles. The molecule has 1 rings (SSSR count). The number of nitrogens with one attached hydrogen (secondary N) is 1. The first-order valence-electron chi connectivity index (χ1n) is 6.72. The van der Waals surface area contributed by atoms with Crippen molar-refractivity contribution in [2.24, 2.45) is 5.92 Å². The van der Waals surface area contributed by atoms with Crippen molar-refractivity contribution in [1.82, 2.24) is 10.2 Å². The molecule has 1 amide bonds. The third-order valence-corrected chi connectivity index (χ3v) is 3.47. The van der Waals surface area contributed by atoms with Crippen LogP contribution in [0.3, 0.4) is 0 Å². The Morgan fingerprint density at radius 3 is 2.94 bits per heavy atom. The number of aliphatic hydroxyl groups is 1. The van der Waals surface area contributed by atoms with Gasteiger partial charge in [-0.3, -0.25) is 4.79 Å². The Morgan fingerprint density at radius 2 is 2.35 bits per heavy atom. The Labute approximate surface area is 104 Å². The Hall–Kier alpha value is -0.610. The highest BCUT2D eigenvalue weighted by Gasteiger charge is 2.16. The third kappa shape index (κ3) is 6.03. The molecule has 1 aliphatic heterocycles. The van der Waals surface area contributed by atoms with Crippen molar-refractivity contribution in [3.63, 3.8) is 0 Å². The standard InChI is InChI=1S/C13H26N2O2/c1-11(16)7-9-15(2)13(17)6-5-12-4-3-8-14-10-12/h11-12,14,16H,3-10H2,1-2H3. The largest absolute Gasteiger partial charge is 0.393 e. The fourth-order valence-electron chi connectivity index (χ4n) is 2.19. The van der Waals surface area contributed by atoms with Gasteiger partial charge < -0.3 is 15.3 Å². The van der Waals surface area contributed by atoms with E-state index in [0.717, 1.165) is 19.5 Å². The van der Waals surface area contributed by atoms with Crippen molar-refractivity contribution in [2.75, 3.05) is 26.7 Å². The predicted molar refractivity (Wildman–Crippen MR) is 68.8 cm³/mol. The second-order valence-electron chi connectivity index (χ2n) is 5.20. The highest BCUT2D eigenvalue weighted by Crippen LogP contribution is 2.16. The van der Waals surface area contributed by atoms with Gasteiger partial charge in [0.1, 0.15) is 0 Å². The van der Waals surface area contributed by atoms with Gasteiger partial charge in [0.25, 0.3) is 0 Å². The molecule has 0 aliphatic carbocycles. The van der Waals surface area contributed by atoms with Gasteiger partial charge in [0.05, 0.1) is 6.10 Å². The summed E-state index contributed by atoms with van der Waals surface area (Å²) in [7, 11) is 1.82. The first kappa shape index (κ1) is 14.5. The highest BCUT2D eigenvalue weighted by molar-refractivity contribution is 5.75. The molecule has 1 aliphatic rings. The summed E-state index contributed by atoms with van der Waals surface area (Å²) in [5.41, 5.74) is 0. The van der Waals surface area contributed by atoms with Crippen molar-refractivity contribution < 1.29 is 9.90 Å². The van der Waals surface area contributed by atoms with E-state index in [1.165, 1.54) is 12.8 Å². The smallest absolute Gasteiger partial charge is 0.222 e. The fourth-order valence-corrected chi connectivity index (χ4v) is 2.19. The molecule has 4 nitrogen and oxygen atoms in total. The molecular formula is C13H26N2O2. The molecule has 0 bridgehead atoms. The predicted octanol–water partition coefficient (Wildman–Crippen LogP) is 0.995. The summed E-state index contributed by atoms with van der Waals surface area (Å²) in [4.78, 5) is 13.6. The van der Waals surface area contributed by atoms with Crippen molar-refractivity contribution in [1.29, 1.82) is 0 Å². The van der Waals surface area contributed by atoms with Crippen LogP contribution in [0.25, 0.3) is 0 Å². The number of aliphatic hydroxyl groups excluding tert-OH is 1. The lowest BCUT2D eigenvalue weighted by Crippen LogP contribution is -2.32. The molecule has 4 heteroatoms. The lowest BCUT2D eigenvalue weighted by atomic mass is 9.94. The van der Waals surface area contributed by atoms with Crippen LogP contribution in [0.15, 0.2) is 0 Å².